The van der Waals surface area contributed by atoms with E-state index in [0.29, 0.717) is 6.54 Å². The van der Waals surface area contributed by atoms with Gasteiger partial charge in [-0.05, 0) is 56.1 Å². The first-order valence-electron chi connectivity index (χ1n) is 10.0. The maximum Gasteiger partial charge on any atom is 0.231 e. The fourth-order valence-electron chi connectivity index (χ4n) is 4.20. The molecule has 146 valence electrons. The van der Waals surface area contributed by atoms with Gasteiger partial charge in [-0.15, -0.1) is 0 Å². The van der Waals surface area contributed by atoms with Gasteiger partial charge < -0.3 is 15.5 Å². The molecule has 6 heteroatoms. The second-order valence-electron chi connectivity index (χ2n) is 7.51. The standard InChI is InChI=1S/C22H26N4O2/c27-21-14-19(18-8-1-2-9-20(18)25-21)22(28)26(15-16-6-3-4-12-24-16)17-7-5-11-23-13-10-17/h1-4,6,8-9,12,17,19,23H,5,7,10-11,13-15H2,(H,25,27). The van der Waals surface area contributed by atoms with Crippen LogP contribution < -0.4 is 10.6 Å². The molecule has 2 atom stereocenters. The highest BCUT2D eigenvalue weighted by molar-refractivity contribution is 6.01. The molecule has 2 unspecified atom stereocenters. The van der Waals surface area contributed by atoms with E-state index in [4.69, 9.17) is 0 Å². The maximum absolute atomic E-state index is 13.7. The lowest BCUT2D eigenvalue weighted by atomic mass is 9.88. The van der Waals surface area contributed by atoms with Gasteiger partial charge in [0.25, 0.3) is 0 Å². The molecule has 0 saturated carbocycles. The van der Waals surface area contributed by atoms with Crippen molar-refractivity contribution in [2.24, 2.45) is 0 Å². The highest BCUT2D eigenvalue weighted by atomic mass is 16.2. The first kappa shape index (κ1) is 18.6. The zero-order chi connectivity index (χ0) is 19.3. The van der Waals surface area contributed by atoms with Crippen molar-refractivity contribution in [2.45, 2.75) is 44.2 Å². The maximum atomic E-state index is 13.7. The second-order valence-corrected chi connectivity index (χ2v) is 7.51. The van der Waals surface area contributed by atoms with E-state index in [1.807, 2.05) is 47.4 Å². The number of amides is 2. The highest BCUT2D eigenvalue weighted by Crippen LogP contribution is 2.34. The normalized spacial score (nSPS) is 21.9. The van der Waals surface area contributed by atoms with Gasteiger partial charge in [0.1, 0.15) is 0 Å². The minimum atomic E-state index is -0.440. The Labute approximate surface area is 165 Å². The van der Waals surface area contributed by atoms with Gasteiger partial charge in [-0.1, -0.05) is 24.3 Å². The minimum absolute atomic E-state index is 0.0276. The van der Waals surface area contributed by atoms with Gasteiger partial charge in [-0.3, -0.25) is 14.6 Å². The molecule has 1 saturated heterocycles. The number of nitrogens with zero attached hydrogens (tertiary/aromatic N) is 2. The predicted molar refractivity (Wildman–Crippen MR) is 108 cm³/mol. The van der Waals surface area contributed by atoms with E-state index in [1.165, 1.54) is 0 Å². The topological polar surface area (TPSA) is 74.3 Å². The molecule has 1 aromatic carbocycles. The van der Waals surface area contributed by atoms with Crippen LogP contribution in [0.15, 0.2) is 48.7 Å². The summed E-state index contributed by atoms with van der Waals surface area (Å²) in [6.45, 7) is 2.36. The summed E-state index contributed by atoms with van der Waals surface area (Å²) in [5, 5.41) is 6.31. The van der Waals surface area contributed by atoms with Crippen molar-refractivity contribution in [3.8, 4) is 0 Å². The van der Waals surface area contributed by atoms with Crippen molar-refractivity contribution in [2.75, 3.05) is 18.4 Å². The lowest BCUT2D eigenvalue weighted by Crippen LogP contribution is -2.44. The SMILES string of the molecule is O=C1CC(C(=O)N(Cc2ccccn2)C2CCCNCC2)c2ccccc2N1. The van der Waals surface area contributed by atoms with Crippen LogP contribution in [-0.2, 0) is 16.1 Å². The van der Waals surface area contributed by atoms with Gasteiger partial charge in [-0.25, -0.2) is 0 Å². The van der Waals surface area contributed by atoms with Crippen LogP contribution in [0.4, 0.5) is 5.69 Å². The van der Waals surface area contributed by atoms with Crippen LogP contribution in [0.5, 0.6) is 0 Å². The summed E-state index contributed by atoms with van der Waals surface area (Å²) < 4.78 is 0. The van der Waals surface area contributed by atoms with Crippen molar-refractivity contribution in [1.29, 1.82) is 0 Å². The summed E-state index contributed by atoms with van der Waals surface area (Å²) in [6.07, 6.45) is 4.87. The average Bonchev–Trinajstić information content (AvgIpc) is 3.01. The number of carbonyl (C=O) groups excluding carboxylic acids is 2. The van der Waals surface area contributed by atoms with Crippen LogP contribution in [0.25, 0.3) is 0 Å². The van der Waals surface area contributed by atoms with Crippen molar-refractivity contribution < 1.29 is 9.59 Å². The lowest BCUT2D eigenvalue weighted by molar-refractivity contribution is -0.138. The van der Waals surface area contributed by atoms with Crippen LogP contribution in [0.1, 0.15) is 42.9 Å². The molecule has 4 rings (SSSR count). The van der Waals surface area contributed by atoms with Crippen LogP contribution >= 0.6 is 0 Å². The number of hydrogen-bond acceptors (Lipinski definition) is 4. The van der Waals surface area contributed by atoms with Crippen molar-refractivity contribution in [1.82, 2.24) is 15.2 Å². The van der Waals surface area contributed by atoms with E-state index in [0.717, 1.165) is 49.3 Å². The van der Waals surface area contributed by atoms with E-state index in [9.17, 15) is 9.59 Å². The summed E-state index contributed by atoms with van der Waals surface area (Å²) in [5.74, 6) is -0.512. The monoisotopic (exact) mass is 378 g/mol. The smallest absolute Gasteiger partial charge is 0.231 e. The van der Waals surface area contributed by atoms with E-state index in [1.54, 1.807) is 6.20 Å². The summed E-state index contributed by atoms with van der Waals surface area (Å²) >= 11 is 0. The number of nitrogens with one attached hydrogen (secondary N) is 2. The Kier molecular flexibility index (Phi) is 5.67. The quantitative estimate of drug-likeness (QED) is 0.858. The number of pyridine rings is 1. The number of hydrogen-bond donors (Lipinski definition) is 2. The second kappa shape index (κ2) is 8.52. The fourth-order valence-corrected chi connectivity index (χ4v) is 4.20. The van der Waals surface area contributed by atoms with Gasteiger partial charge in [0, 0.05) is 24.3 Å². The van der Waals surface area contributed by atoms with Crippen molar-refractivity contribution in [3.05, 3.63) is 59.9 Å². The molecular formula is C22H26N4O2. The molecule has 2 aromatic rings. The van der Waals surface area contributed by atoms with Gasteiger partial charge in [0.05, 0.1) is 18.2 Å². The molecule has 1 aromatic heterocycles. The molecule has 6 nitrogen and oxygen atoms in total. The number of anilines is 1. The molecule has 2 aliphatic rings. The molecule has 0 bridgehead atoms. The van der Waals surface area contributed by atoms with E-state index < -0.39 is 5.92 Å². The molecule has 0 radical (unpaired) electrons. The number of fused-ring (bicyclic) bond motifs is 1. The molecule has 2 amide bonds. The minimum Gasteiger partial charge on any atom is -0.333 e. The van der Waals surface area contributed by atoms with Crippen LogP contribution in [0.3, 0.4) is 0 Å². The Balaban J connectivity index is 1.65. The van der Waals surface area contributed by atoms with E-state index in [-0.39, 0.29) is 24.3 Å². The van der Waals surface area contributed by atoms with Gasteiger partial charge in [-0.2, -0.15) is 0 Å². The Morgan fingerprint density at radius 2 is 1.96 bits per heavy atom. The summed E-state index contributed by atoms with van der Waals surface area (Å²) in [7, 11) is 0. The number of carbonyl (C=O) groups is 2. The van der Waals surface area contributed by atoms with E-state index in [2.05, 4.69) is 15.6 Å². The van der Waals surface area contributed by atoms with E-state index >= 15 is 0 Å². The Hall–Kier alpha value is -2.73. The summed E-state index contributed by atoms with van der Waals surface area (Å²) in [6, 6.07) is 13.6. The highest BCUT2D eigenvalue weighted by Gasteiger charge is 2.36. The molecule has 0 aliphatic carbocycles. The number of benzene rings is 1. The third-order valence-corrected chi connectivity index (χ3v) is 5.63. The Morgan fingerprint density at radius 1 is 1.11 bits per heavy atom. The largest absolute Gasteiger partial charge is 0.333 e. The van der Waals surface area contributed by atoms with Crippen LogP contribution in [0, 0.1) is 0 Å². The van der Waals surface area contributed by atoms with Crippen LogP contribution in [0.2, 0.25) is 0 Å². The molecule has 1 fully saturated rings. The summed E-state index contributed by atoms with van der Waals surface area (Å²) in [5.41, 5.74) is 2.53. The average molecular weight is 378 g/mol. The van der Waals surface area contributed by atoms with Crippen molar-refractivity contribution >= 4 is 17.5 Å². The predicted octanol–water partition coefficient (Wildman–Crippen LogP) is 2.68. The molecular weight excluding hydrogens is 352 g/mol. The Bertz CT molecular complexity index is 831. The third kappa shape index (κ3) is 4.07. The summed E-state index contributed by atoms with van der Waals surface area (Å²) in [4.78, 5) is 32.4. The van der Waals surface area contributed by atoms with Crippen LogP contribution in [-0.4, -0.2) is 40.8 Å². The lowest BCUT2D eigenvalue weighted by Gasteiger charge is -2.35. The fraction of sp³-hybridized carbons (Fsp3) is 0.409. The molecule has 0 spiro atoms. The molecule has 2 N–H and O–H groups in total. The molecule has 2 aliphatic heterocycles. The van der Waals surface area contributed by atoms with Gasteiger partial charge >= 0.3 is 0 Å². The Morgan fingerprint density at radius 3 is 2.82 bits per heavy atom. The first-order chi connectivity index (χ1) is 13.7. The third-order valence-electron chi connectivity index (χ3n) is 5.63. The number of para-hydroxylation sites is 1. The van der Waals surface area contributed by atoms with Crippen molar-refractivity contribution in [3.63, 3.8) is 0 Å². The molecule has 3 heterocycles. The first-order valence-corrected chi connectivity index (χ1v) is 10.0. The molecule has 28 heavy (non-hydrogen) atoms. The van der Waals surface area contributed by atoms with Gasteiger partial charge in [0.2, 0.25) is 11.8 Å². The van der Waals surface area contributed by atoms with Gasteiger partial charge in [0.15, 0.2) is 0 Å². The number of aromatic nitrogens is 1. The number of rotatable bonds is 4. The zero-order valence-electron chi connectivity index (χ0n) is 15.9. The zero-order valence-corrected chi connectivity index (χ0v) is 15.9.